The predicted octanol–water partition coefficient (Wildman–Crippen LogP) is 3.09. The van der Waals surface area contributed by atoms with Crippen molar-refractivity contribution in [2.75, 3.05) is 12.4 Å². The van der Waals surface area contributed by atoms with Crippen LogP contribution in [0, 0.1) is 0 Å². The molecule has 0 aromatic carbocycles. The molecule has 0 radical (unpaired) electrons. The van der Waals surface area contributed by atoms with Crippen molar-refractivity contribution in [3.63, 3.8) is 0 Å². The fourth-order valence-electron chi connectivity index (χ4n) is 2.64. The second-order valence-corrected chi connectivity index (χ2v) is 6.71. The lowest BCUT2D eigenvalue weighted by Gasteiger charge is -2.10. The zero-order valence-electron chi connectivity index (χ0n) is 12.5. The molecular weight excluding hydrogens is 282 g/mol. The first-order valence-corrected chi connectivity index (χ1v) is 8.46. The second-order valence-electron chi connectivity index (χ2n) is 5.42. The fourth-order valence-corrected chi connectivity index (χ4v) is 3.82. The number of nitrogens with zero attached hydrogens (tertiary/aromatic N) is 4. The number of aryl methyl sites for hydroxylation is 1. The molecule has 1 N–H and O–H groups in total. The summed E-state index contributed by atoms with van der Waals surface area (Å²) in [5, 5.41) is 8.13. The van der Waals surface area contributed by atoms with Crippen LogP contribution in [0.2, 0.25) is 0 Å². The fraction of sp³-hybridized carbons (Fsp3) is 0.533. The average Bonchev–Trinajstić information content (AvgIpc) is 3.16. The maximum absolute atomic E-state index is 4.70. The van der Waals surface area contributed by atoms with Gasteiger partial charge in [0.2, 0.25) is 0 Å². The van der Waals surface area contributed by atoms with Gasteiger partial charge in [-0.2, -0.15) is 16.9 Å². The van der Waals surface area contributed by atoms with E-state index in [0.717, 1.165) is 33.9 Å². The van der Waals surface area contributed by atoms with Gasteiger partial charge in [-0.3, -0.25) is 4.68 Å². The van der Waals surface area contributed by atoms with E-state index in [0.29, 0.717) is 0 Å². The van der Waals surface area contributed by atoms with Crippen molar-refractivity contribution in [1.82, 2.24) is 19.7 Å². The Hall–Kier alpha value is -1.56. The van der Waals surface area contributed by atoms with Crippen LogP contribution in [0.15, 0.2) is 18.5 Å². The highest BCUT2D eigenvalue weighted by Crippen LogP contribution is 2.31. The predicted molar refractivity (Wildman–Crippen MR) is 87.3 cm³/mol. The highest BCUT2D eigenvalue weighted by Gasteiger charge is 2.16. The molecule has 1 aliphatic carbocycles. The van der Waals surface area contributed by atoms with Crippen molar-refractivity contribution in [1.29, 1.82) is 0 Å². The Morgan fingerprint density at radius 1 is 1.33 bits per heavy atom. The molecule has 1 fully saturated rings. The summed E-state index contributed by atoms with van der Waals surface area (Å²) in [6.07, 6.45) is 9.25. The van der Waals surface area contributed by atoms with E-state index in [1.54, 1.807) is 4.68 Å². The van der Waals surface area contributed by atoms with Gasteiger partial charge in [0.25, 0.3) is 0 Å². The van der Waals surface area contributed by atoms with E-state index in [9.17, 15) is 0 Å². The molecule has 2 aromatic rings. The summed E-state index contributed by atoms with van der Waals surface area (Å²) in [4.78, 5) is 9.28. The molecular formula is C15H21N5S. The number of hydrogen-bond acceptors (Lipinski definition) is 5. The first-order valence-electron chi connectivity index (χ1n) is 7.41. The summed E-state index contributed by atoms with van der Waals surface area (Å²) in [6, 6.07) is 1.97. The summed E-state index contributed by atoms with van der Waals surface area (Å²) in [7, 11) is 3.81. The summed E-state index contributed by atoms with van der Waals surface area (Å²) in [5.74, 6) is 2.65. The third kappa shape index (κ3) is 3.56. The van der Waals surface area contributed by atoms with Gasteiger partial charge < -0.3 is 5.32 Å². The Bertz CT molecular complexity index is 604. The van der Waals surface area contributed by atoms with Gasteiger partial charge in [0.1, 0.15) is 11.6 Å². The SMILES string of the molecule is CNc1cc(-c2cnn(C)c2)nc(CSC2CCCC2)n1. The molecule has 1 aliphatic rings. The van der Waals surface area contributed by atoms with Crippen molar-refractivity contribution in [2.45, 2.75) is 36.7 Å². The minimum absolute atomic E-state index is 0.786. The van der Waals surface area contributed by atoms with E-state index in [1.165, 1.54) is 25.7 Å². The molecule has 0 saturated heterocycles. The third-order valence-electron chi connectivity index (χ3n) is 3.78. The summed E-state index contributed by atoms with van der Waals surface area (Å²) in [6.45, 7) is 0. The molecule has 0 aliphatic heterocycles. The van der Waals surface area contributed by atoms with Gasteiger partial charge in [-0.15, -0.1) is 0 Å². The second kappa shape index (κ2) is 6.47. The van der Waals surface area contributed by atoms with Gasteiger partial charge in [-0.05, 0) is 12.8 Å². The van der Waals surface area contributed by atoms with E-state index in [-0.39, 0.29) is 0 Å². The largest absolute Gasteiger partial charge is 0.373 e. The first-order chi connectivity index (χ1) is 10.2. The quantitative estimate of drug-likeness (QED) is 0.920. The Balaban J connectivity index is 1.79. The summed E-state index contributed by atoms with van der Waals surface area (Å²) < 4.78 is 1.80. The average molecular weight is 303 g/mol. The topological polar surface area (TPSA) is 55.6 Å². The molecule has 112 valence electrons. The number of anilines is 1. The number of thioether (sulfide) groups is 1. The van der Waals surface area contributed by atoms with Crippen molar-refractivity contribution in [2.24, 2.45) is 7.05 Å². The molecule has 0 spiro atoms. The lowest BCUT2D eigenvalue weighted by Crippen LogP contribution is -2.03. The van der Waals surface area contributed by atoms with Gasteiger partial charge in [-0.25, -0.2) is 9.97 Å². The van der Waals surface area contributed by atoms with E-state index in [1.807, 2.05) is 44.3 Å². The Labute approximate surface area is 129 Å². The van der Waals surface area contributed by atoms with E-state index < -0.39 is 0 Å². The maximum Gasteiger partial charge on any atom is 0.141 e. The van der Waals surface area contributed by atoms with Crippen LogP contribution in [-0.4, -0.2) is 32.0 Å². The van der Waals surface area contributed by atoms with Gasteiger partial charge in [-0.1, -0.05) is 12.8 Å². The van der Waals surface area contributed by atoms with Crippen LogP contribution in [0.5, 0.6) is 0 Å². The van der Waals surface area contributed by atoms with Crippen LogP contribution in [0.3, 0.4) is 0 Å². The Morgan fingerprint density at radius 2 is 2.14 bits per heavy atom. The van der Waals surface area contributed by atoms with Gasteiger partial charge >= 0.3 is 0 Å². The smallest absolute Gasteiger partial charge is 0.141 e. The molecule has 21 heavy (non-hydrogen) atoms. The zero-order chi connectivity index (χ0) is 14.7. The molecule has 2 aromatic heterocycles. The third-order valence-corrected chi connectivity index (χ3v) is 5.15. The van der Waals surface area contributed by atoms with Crippen LogP contribution < -0.4 is 5.32 Å². The van der Waals surface area contributed by atoms with Crippen LogP contribution >= 0.6 is 11.8 Å². The Morgan fingerprint density at radius 3 is 2.81 bits per heavy atom. The number of aromatic nitrogens is 4. The van der Waals surface area contributed by atoms with Crippen LogP contribution in [0.4, 0.5) is 5.82 Å². The number of hydrogen-bond donors (Lipinski definition) is 1. The molecule has 0 unspecified atom stereocenters. The normalized spacial score (nSPS) is 15.5. The molecule has 0 amide bonds. The van der Waals surface area contributed by atoms with Crippen molar-refractivity contribution in [3.05, 3.63) is 24.3 Å². The molecule has 0 atom stereocenters. The molecule has 0 bridgehead atoms. The monoisotopic (exact) mass is 303 g/mol. The molecule has 2 heterocycles. The van der Waals surface area contributed by atoms with Crippen LogP contribution in [-0.2, 0) is 12.8 Å². The van der Waals surface area contributed by atoms with E-state index >= 15 is 0 Å². The standard InChI is InChI=1S/C15H21N5S/c1-16-14-7-13(11-8-17-20(2)9-11)18-15(19-14)10-21-12-5-3-4-6-12/h7-9,12H,3-6,10H2,1-2H3,(H,16,18,19). The van der Waals surface area contributed by atoms with Gasteiger partial charge in [0, 0.05) is 37.2 Å². The Kier molecular flexibility index (Phi) is 4.43. The van der Waals surface area contributed by atoms with Gasteiger partial charge in [0.05, 0.1) is 17.6 Å². The molecule has 6 heteroatoms. The van der Waals surface area contributed by atoms with E-state index in [2.05, 4.69) is 15.4 Å². The lowest BCUT2D eigenvalue weighted by atomic mass is 10.2. The highest BCUT2D eigenvalue weighted by molar-refractivity contribution is 7.99. The minimum Gasteiger partial charge on any atom is -0.373 e. The summed E-state index contributed by atoms with van der Waals surface area (Å²) >= 11 is 1.99. The minimum atomic E-state index is 0.786. The van der Waals surface area contributed by atoms with Crippen LogP contribution in [0.25, 0.3) is 11.3 Å². The zero-order valence-corrected chi connectivity index (χ0v) is 13.4. The first kappa shape index (κ1) is 14.4. The highest BCUT2D eigenvalue weighted by atomic mass is 32.2. The van der Waals surface area contributed by atoms with Crippen LogP contribution in [0.1, 0.15) is 31.5 Å². The molecule has 3 rings (SSSR count). The van der Waals surface area contributed by atoms with Crippen molar-refractivity contribution in [3.8, 4) is 11.3 Å². The van der Waals surface area contributed by atoms with Crippen molar-refractivity contribution >= 4 is 17.6 Å². The molecule has 1 saturated carbocycles. The maximum atomic E-state index is 4.70. The number of rotatable bonds is 5. The molecule has 5 nitrogen and oxygen atoms in total. The van der Waals surface area contributed by atoms with E-state index in [4.69, 9.17) is 4.98 Å². The van der Waals surface area contributed by atoms with Gasteiger partial charge in [0.15, 0.2) is 0 Å². The number of nitrogens with one attached hydrogen (secondary N) is 1. The summed E-state index contributed by atoms with van der Waals surface area (Å²) in [5.41, 5.74) is 1.97. The lowest BCUT2D eigenvalue weighted by molar-refractivity contribution is 0.768. The van der Waals surface area contributed by atoms with Crippen molar-refractivity contribution < 1.29 is 0 Å².